The molecule has 3 unspecified atom stereocenters. The van der Waals surface area contributed by atoms with Gasteiger partial charge in [0.05, 0.1) is 6.10 Å². The van der Waals surface area contributed by atoms with Gasteiger partial charge in [0.25, 0.3) is 0 Å². The SMILES string of the molecule is OC(CCN1CC2CCC1C2)c1cc(F)cc(F)c1. The van der Waals surface area contributed by atoms with Crippen LogP contribution in [0.4, 0.5) is 8.78 Å². The zero-order chi connectivity index (χ0) is 13.4. The third-order valence-electron chi connectivity index (χ3n) is 4.48. The van der Waals surface area contributed by atoms with Crippen LogP contribution < -0.4 is 0 Å². The Morgan fingerprint density at radius 1 is 1.21 bits per heavy atom. The second-order valence-corrected chi connectivity index (χ2v) is 5.84. The number of nitrogens with zero attached hydrogens (tertiary/aromatic N) is 1. The molecule has 1 heterocycles. The van der Waals surface area contributed by atoms with Crippen molar-refractivity contribution in [2.45, 2.75) is 37.8 Å². The van der Waals surface area contributed by atoms with E-state index >= 15 is 0 Å². The number of fused-ring (bicyclic) bond motifs is 2. The van der Waals surface area contributed by atoms with Gasteiger partial charge in [0.2, 0.25) is 0 Å². The molecule has 1 aromatic carbocycles. The molecule has 2 bridgehead atoms. The van der Waals surface area contributed by atoms with Crippen molar-refractivity contribution >= 4 is 0 Å². The molecule has 0 spiro atoms. The van der Waals surface area contributed by atoms with Gasteiger partial charge in [-0.25, -0.2) is 8.78 Å². The smallest absolute Gasteiger partial charge is 0.126 e. The van der Waals surface area contributed by atoms with Crippen LogP contribution >= 0.6 is 0 Å². The summed E-state index contributed by atoms with van der Waals surface area (Å²) in [6, 6.07) is 3.92. The number of aliphatic hydroxyl groups is 1. The van der Waals surface area contributed by atoms with Crippen molar-refractivity contribution in [2.24, 2.45) is 5.92 Å². The summed E-state index contributed by atoms with van der Waals surface area (Å²) in [6.45, 7) is 1.93. The minimum absolute atomic E-state index is 0.335. The minimum atomic E-state index is -0.788. The number of piperidine rings is 1. The molecular weight excluding hydrogens is 248 g/mol. The highest BCUT2D eigenvalue weighted by molar-refractivity contribution is 5.20. The molecule has 2 nitrogen and oxygen atoms in total. The Bertz CT molecular complexity index is 445. The molecule has 0 amide bonds. The van der Waals surface area contributed by atoms with E-state index in [0.717, 1.165) is 25.1 Å². The Hall–Kier alpha value is -1.00. The summed E-state index contributed by atoms with van der Waals surface area (Å²) in [5.41, 5.74) is 0.335. The number of likely N-dealkylation sites (tertiary alicyclic amines) is 1. The summed E-state index contributed by atoms with van der Waals surface area (Å²) >= 11 is 0. The van der Waals surface area contributed by atoms with Crippen molar-refractivity contribution in [3.63, 3.8) is 0 Å². The van der Waals surface area contributed by atoms with Crippen molar-refractivity contribution < 1.29 is 13.9 Å². The standard InChI is InChI=1S/C15H19F2NO/c16-12-6-11(7-13(17)8-12)15(19)3-4-18-9-10-1-2-14(18)5-10/h6-8,10,14-15,19H,1-5,9H2. The summed E-state index contributed by atoms with van der Waals surface area (Å²) < 4.78 is 26.2. The van der Waals surface area contributed by atoms with Crippen molar-refractivity contribution in [1.29, 1.82) is 0 Å². The Morgan fingerprint density at radius 3 is 2.53 bits per heavy atom. The van der Waals surface area contributed by atoms with Gasteiger partial charge in [0.15, 0.2) is 0 Å². The predicted octanol–water partition coefficient (Wildman–Crippen LogP) is 2.87. The Labute approximate surface area is 112 Å². The molecular formula is C15H19F2NO. The number of hydrogen-bond donors (Lipinski definition) is 1. The number of rotatable bonds is 4. The van der Waals surface area contributed by atoms with Gasteiger partial charge in [-0.1, -0.05) is 0 Å². The molecule has 1 N–H and O–H groups in total. The number of benzene rings is 1. The first-order valence-corrected chi connectivity index (χ1v) is 7.00. The largest absolute Gasteiger partial charge is 0.388 e. The monoisotopic (exact) mass is 267 g/mol. The Balaban J connectivity index is 1.57. The molecule has 2 aliphatic rings. The fourth-order valence-corrected chi connectivity index (χ4v) is 3.52. The molecule has 0 radical (unpaired) electrons. The van der Waals surface area contributed by atoms with E-state index in [-0.39, 0.29) is 0 Å². The molecule has 1 aromatic rings. The van der Waals surface area contributed by atoms with Crippen LogP contribution in [-0.2, 0) is 0 Å². The zero-order valence-corrected chi connectivity index (χ0v) is 10.9. The molecule has 0 aromatic heterocycles. The van der Waals surface area contributed by atoms with Crippen LogP contribution in [0.2, 0.25) is 0 Å². The van der Waals surface area contributed by atoms with Crippen molar-refractivity contribution in [2.75, 3.05) is 13.1 Å². The average molecular weight is 267 g/mol. The highest BCUT2D eigenvalue weighted by Gasteiger charge is 2.37. The molecule has 1 aliphatic carbocycles. The van der Waals surface area contributed by atoms with Gasteiger partial charge in [0, 0.05) is 25.2 Å². The van der Waals surface area contributed by atoms with E-state index in [1.807, 2.05) is 0 Å². The third-order valence-corrected chi connectivity index (χ3v) is 4.48. The van der Waals surface area contributed by atoms with Crippen LogP contribution in [0, 0.1) is 17.6 Å². The lowest BCUT2D eigenvalue weighted by molar-refractivity contribution is 0.128. The van der Waals surface area contributed by atoms with Crippen molar-refractivity contribution in [1.82, 2.24) is 4.90 Å². The quantitative estimate of drug-likeness (QED) is 0.906. The lowest BCUT2D eigenvalue weighted by atomic mass is 10.0. The van der Waals surface area contributed by atoms with Gasteiger partial charge < -0.3 is 5.11 Å². The molecule has 19 heavy (non-hydrogen) atoms. The first-order chi connectivity index (χ1) is 9.11. The van der Waals surface area contributed by atoms with Gasteiger partial charge in [-0.05, 0) is 49.3 Å². The van der Waals surface area contributed by atoms with Crippen LogP contribution in [0.5, 0.6) is 0 Å². The first-order valence-electron chi connectivity index (χ1n) is 7.00. The van der Waals surface area contributed by atoms with Crippen LogP contribution in [0.1, 0.15) is 37.4 Å². The number of hydrogen-bond acceptors (Lipinski definition) is 2. The summed E-state index contributed by atoms with van der Waals surface area (Å²) in [5.74, 6) is -0.433. The fraction of sp³-hybridized carbons (Fsp3) is 0.600. The van der Waals surface area contributed by atoms with Crippen molar-refractivity contribution in [3.8, 4) is 0 Å². The van der Waals surface area contributed by atoms with Gasteiger partial charge in [-0.2, -0.15) is 0 Å². The van der Waals surface area contributed by atoms with E-state index in [9.17, 15) is 13.9 Å². The maximum Gasteiger partial charge on any atom is 0.126 e. The summed E-state index contributed by atoms with van der Waals surface area (Å²) in [4.78, 5) is 2.41. The third kappa shape index (κ3) is 2.79. The topological polar surface area (TPSA) is 23.5 Å². The summed E-state index contributed by atoms with van der Waals surface area (Å²) in [6.07, 6.45) is 3.62. The van der Waals surface area contributed by atoms with E-state index in [1.165, 1.54) is 31.4 Å². The van der Waals surface area contributed by atoms with Crippen molar-refractivity contribution in [3.05, 3.63) is 35.4 Å². The molecule has 3 atom stereocenters. The van der Waals surface area contributed by atoms with Gasteiger partial charge in [0.1, 0.15) is 11.6 Å². The van der Waals surface area contributed by atoms with Crippen LogP contribution in [0.3, 0.4) is 0 Å². The van der Waals surface area contributed by atoms with E-state index < -0.39 is 17.7 Å². The van der Waals surface area contributed by atoms with E-state index in [4.69, 9.17) is 0 Å². The summed E-state index contributed by atoms with van der Waals surface area (Å²) in [7, 11) is 0. The number of aliphatic hydroxyl groups excluding tert-OH is 1. The second-order valence-electron chi connectivity index (χ2n) is 5.84. The lowest BCUT2D eigenvalue weighted by Crippen LogP contribution is -2.33. The van der Waals surface area contributed by atoms with E-state index in [0.29, 0.717) is 18.0 Å². The van der Waals surface area contributed by atoms with E-state index in [2.05, 4.69) is 4.90 Å². The maximum absolute atomic E-state index is 13.1. The second kappa shape index (κ2) is 5.17. The van der Waals surface area contributed by atoms with Crippen LogP contribution in [0.15, 0.2) is 18.2 Å². The Kier molecular flexibility index (Phi) is 3.54. The Morgan fingerprint density at radius 2 is 1.95 bits per heavy atom. The van der Waals surface area contributed by atoms with Crippen LogP contribution in [0.25, 0.3) is 0 Å². The van der Waals surface area contributed by atoms with Gasteiger partial charge in [-0.15, -0.1) is 0 Å². The zero-order valence-electron chi connectivity index (χ0n) is 10.9. The number of halogens is 2. The average Bonchev–Trinajstić information content (AvgIpc) is 2.96. The minimum Gasteiger partial charge on any atom is -0.388 e. The normalized spacial score (nSPS) is 27.9. The molecule has 4 heteroatoms. The highest BCUT2D eigenvalue weighted by Crippen LogP contribution is 2.37. The molecule has 2 fully saturated rings. The van der Waals surface area contributed by atoms with Crippen LogP contribution in [-0.4, -0.2) is 29.1 Å². The van der Waals surface area contributed by atoms with Gasteiger partial charge in [-0.3, -0.25) is 4.90 Å². The maximum atomic E-state index is 13.1. The molecule has 104 valence electrons. The fourth-order valence-electron chi connectivity index (χ4n) is 3.52. The first kappa shape index (κ1) is 13.0. The molecule has 1 aliphatic heterocycles. The highest BCUT2D eigenvalue weighted by atomic mass is 19.1. The molecule has 3 rings (SSSR count). The van der Waals surface area contributed by atoms with Gasteiger partial charge >= 0.3 is 0 Å². The lowest BCUT2D eigenvalue weighted by Gasteiger charge is -2.27. The molecule has 1 saturated heterocycles. The van der Waals surface area contributed by atoms with E-state index in [1.54, 1.807) is 0 Å². The molecule has 1 saturated carbocycles. The summed E-state index contributed by atoms with van der Waals surface area (Å²) in [5, 5.41) is 10.0. The predicted molar refractivity (Wildman–Crippen MR) is 68.6 cm³/mol.